The summed E-state index contributed by atoms with van der Waals surface area (Å²) in [6, 6.07) is 0. The van der Waals surface area contributed by atoms with Crippen LogP contribution in [0.2, 0.25) is 0 Å². The van der Waals surface area contributed by atoms with E-state index in [1.807, 2.05) is 0 Å². The first kappa shape index (κ1) is 13.0. The van der Waals surface area contributed by atoms with Gasteiger partial charge in [0.25, 0.3) is 0 Å². The van der Waals surface area contributed by atoms with Crippen LogP contribution in [-0.4, -0.2) is 11.7 Å². The van der Waals surface area contributed by atoms with Gasteiger partial charge < -0.3 is 4.74 Å². The topological polar surface area (TPSA) is 12.5 Å². The third-order valence-electron chi connectivity index (χ3n) is 4.01. The average molecular weight is 212 g/mol. The lowest BCUT2D eigenvalue weighted by molar-refractivity contribution is 0.186. The van der Waals surface area contributed by atoms with E-state index in [0.29, 0.717) is 6.10 Å². The normalized spacial score (nSPS) is 31.6. The molecule has 0 aromatic rings. The number of hydrogen-bond acceptors (Lipinski definition) is 1. The molecule has 0 aromatic heterocycles. The second kappa shape index (κ2) is 5.89. The standard InChI is InChI=1S/C14H28O/c1-5-9-11-12(10-6-2)14(8-4)13(7-3)15-14/h12-13H,5-11H2,1-4H3. The fourth-order valence-electron chi connectivity index (χ4n) is 3.05. The summed E-state index contributed by atoms with van der Waals surface area (Å²) in [5.74, 6) is 0.817. The maximum absolute atomic E-state index is 6.01. The Bertz CT molecular complexity index is 178. The summed E-state index contributed by atoms with van der Waals surface area (Å²) in [6.07, 6.45) is 9.67. The molecule has 90 valence electrons. The minimum atomic E-state index is 0.278. The van der Waals surface area contributed by atoms with Crippen LogP contribution in [0.5, 0.6) is 0 Å². The van der Waals surface area contributed by atoms with E-state index in [4.69, 9.17) is 4.74 Å². The fraction of sp³-hybridized carbons (Fsp3) is 1.00. The molecular formula is C14H28O. The lowest BCUT2D eigenvalue weighted by atomic mass is 9.80. The third kappa shape index (κ3) is 2.75. The van der Waals surface area contributed by atoms with Gasteiger partial charge in [-0.25, -0.2) is 0 Å². The molecule has 1 nitrogen and oxygen atoms in total. The highest BCUT2D eigenvalue weighted by Gasteiger charge is 2.57. The third-order valence-corrected chi connectivity index (χ3v) is 4.01. The first-order chi connectivity index (χ1) is 7.25. The van der Waals surface area contributed by atoms with Gasteiger partial charge in [0.2, 0.25) is 0 Å². The van der Waals surface area contributed by atoms with Crippen LogP contribution in [0.25, 0.3) is 0 Å². The zero-order valence-electron chi connectivity index (χ0n) is 11.0. The van der Waals surface area contributed by atoms with E-state index in [-0.39, 0.29) is 5.60 Å². The number of epoxide rings is 1. The van der Waals surface area contributed by atoms with Gasteiger partial charge in [0, 0.05) is 0 Å². The molecule has 1 aliphatic rings. The number of ether oxygens (including phenoxy) is 1. The molecule has 15 heavy (non-hydrogen) atoms. The Morgan fingerprint density at radius 2 is 1.80 bits per heavy atom. The van der Waals surface area contributed by atoms with Crippen LogP contribution >= 0.6 is 0 Å². The summed E-state index contributed by atoms with van der Waals surface area (Å²) in [7, 11) is 0. The molecule has 0 spiro atoms. The van der Waals surface area contributed by atoms with E-state index in [2.05, 4.69) is 27.7 Å². The highest BCUT2D eigenvalue weighted by molar-refractivity contribution is 5.05. The van der Waals surface area contributed by atoms with Crippen LogP contribution in [0.3, 0.4) is 0 Å². The molecule has 1 fully saturated rings. The van der Waals surface area contributed by atoms with Crippen molar-refractivity contribution in [1.82, 2.24) is 0 Å². The molecule has 0 radical (unpaired) electrons. The second-order valence-electron chi connectivity index (χ2n) is 4.95. The monoisotopic (exact) mass is 212 g/mol. The van der Waals surface area contributed by atoms with E-state index in [9.17, 15) is 0 Å². The minimum Gasteiger partial charge on any atom is -0.366 e. The van der Waals surface area contributed by atoms with Gasteiger partial charge in [0.1, 0.15) is 0 Å². The Morgan fingerprint density at radius 1 is 1.07 bits per heavy atom. The Balaban J connectivity index is 2.53. The van der Waals surface area contributed by atoms with Gasteiger partial charge in [0.05, 0.1) is 11.7 Å². The molecule has 0 bridgehead atoms. The van der Waals surface area contributed by atoms with Gasteiger partial charge in [-0.15, -0.1) is 0 Å². The molecule has 1 heteroatoms. The smallest absolute Gasteiger partial charge is 0.0973 e. The van der Waals surface area contributed by atoms with Crippen molar-refractivity contribution in [3.05, 3.63) is 0 Å². The molecule has 0 saturated carbocycles. The summed E-state index contributed by atoms with van der Waals surface area (Å²) in [6.45, 7) is 9.13. The lowest BCUT2D eigenvalue weighted by Gasteiger charge is -2.23. The molecular weight excluding hydrogens is 184 g/mol. The van der Waals surface area contributed by atoms with Crippen molar-refractivity contribution in [1.29, 1.82) is 0 Å². The largest absolute Gasteiger partial charge is 0.366 e. The predicted octanol–water partition coefficient (Wildman–Crippen LogP) is 4.55. The molecule has 3 atom stereocenters. The van der Waals surface area contributed by atoms with Gasteiger partial charge in [-0.2, -0.15) is 0 Å². The van der Waals surface area contributed by atoms with Gasteiger partial charge >= 0.3 is 0 Å². The first-order valence-corrected chi connectivity index (χ1v) is 6.92. The first-order valence-electron chi connectivity index (χ1n) is 6.92. The Morgan fingerprint density at radius 3 is 2.20 bits per heavy atom. The van der Waals surface area contributed by atoms with Crippen molar-refractivity contribution >= 4 is 0 Å². The zero-order chi connectivity index (χ0) is 11.3. The highest BCUT2D eigenvalue weighted by atomic mass is 16.6. The summed E-state index contributed by atoms with van der Waals surface area (Å²) in [5.41, 5.74) is 0.278. The minimum absolute atomic E-state index is 0.278. The van der Waals surface area contributed by atoms with Crippen molar-refractivity contribution in [2.24, 2.45) is 5.92 Å². The highest BCUT2D eigenvalue weighted by Crippen LogP contribution is 2.50. The average Bonchev–Trinajstić information content (AvgIpc) is 2.99. The maximum Gasteiger partial charge on any atom is 0.0973 e. The summed E-state index contributed by atoms with van der Waals surface area (Å²) < 4.78 is 6.01. The molecule has 0 aromatic carbocycles. The molecule has 1 aliphatic heterocycles. The molecule has 3 unspecified atom stereocenters. The lowest BCUT2D eigenvalue weighted by Crippen LogP contribution is -2.26. The van der Waals surface area contributed by atoms with Crippen molar-refractivity contribution in [3.8, 4) is 0 Å². The van der Waals surface area contributed by atoms with Crippen LogP contribution in [-0.2, 0) is 4.74 Å². The van der Waals surface area contributed by atoms with Gasteiger partial charge in [-0.3, -0.25) is 0 Å². The summed E-state index contributed by atoms with van der Waals surface area (Å²) >= 11 is 0. The Kier molecular flexibility index (Phi) is 5.11. The summed E-state index contributed by atoms with van der Waals surface area (Å²) in [4.78, 5) is 0. The van der Waals surface area contributed by atoms with Gasteiger partial charge in [-0.1, -0.05) is 47.0 Å². The van der Waals surface area contributed by atoms with E-state index >= 15 is 0 Å². The van der Waals surface area contributed by atoms with Crippen LogP contribution in [0.15, 0.2) is 0 Å². The quantitative estimate of drug-likeness (QED) is 0.538. The van der Waals surface area contributed by atoms with Crippen LogP contribution in [0.1, 0.15) is 72.6 Å². The SMILES string of the molecule is CCCCC(CCC)C1(CC)OC1CC. The van der Waals surface area contributed by atoms with Gasteiger partial charge in [0.15, 0.2) is 0 Å². The van der Waals surface area contributed by atoms with Crippen molar-refractivity contribution < 1.29 is 4.74 Å². The van der Waals surface area contributed by atoms with E-state index < -0.39 is 0 Å². The molecule has 1 rings (SSSR count). The molecule has 0 aliphatic carbocycles. The second-order valence-corrected chi connectivity index (χ2v) is 4.95. The zero-order valence-corrected chi connectivity index (χ0v) is 11.0. The Hall–Kier alpha value is -0.0400. The van der Waals surface area contributed by atoms with Gasteiger partial charge in [-0.05, 0) is 31.6 Å². The van der Waals surface area contributed by atoms with Crippen LogP contribution in [0, 0.1) is 5.92 Å². The van der Waals surface area contributed by atoms with Crippen LogP contribution in [0.4, 0.5) is 0 Å². The van der Waals surface area contributed by atoms with Crippen molar-refractivity contribution in [3.63, 3.8) is 0 Å². The van der Waals surface area contributed by atoms with E-state index in [1.54, 1.807) is 0 Å². The fourth-order valence-corrected chi connectivity index (χ4v) is 3.05. The number of hydrogen-bond donors (Lipinski definition) is 0. The summed E-state index contributed by atoms with van der Waals surface area (Å²) in [5, 5.41) is 0. The molecule has 1 heterocycles. The van der Waals surface area contributed by atoms with E-state index in [0.717, 1.165) is 5.92 Å². The van der Waals surface area contributed by atoms with Crippen LogP contribution < -0.4 is 0 Å². The predicted molar refractivity (Wildman–Crippen MR) is 66.1 cm³/mol. The Labute approximate surface area is 95.6 Å². The van der Waals surface area contributed by atoms with E-state index in [1.165, 1.54) is 44.9 Å². The van der Waals surface area contributed by atoms with Crippen molar-refractivity contribution in [2.45, 2.75) is 84.3 Å². The molecule has 0 amide bonds. The maximum atomic E-state index is 6.01. The number of rotatable bonds is 8. The number of unbranched alkanes of at least 4 members (excludes halogenated alkanes) is 1. The molecule has 1 saturated heterocycles. The van der Waals surface area contributed by atoms with Crippen molar-refractivity contribution in [2.75, 3.05) is 0 Å². The molecule has 0 N–H and O–H groups in total.